The maximum atomic E-state index is 13.6. The fourth-order valence-electron chi connectivity index (χ4n) is 1.98. The predicted octanol–water partition coefficient (Wildman–Crippen LogP) is 3.21. The van der Waals surface area contributed by atoms with Gasteiger partial charge in [0, 0.05) is 30.4 Å². The number of anilines is 1. The number of rotatable bonds is 4. The van der Waals surface area contributed by atoms with E-state index in [4.69, 9.17) is 22.5 Å². The van der Waals surface area contributed by atoms with E-state index in [1.165, 1.54) is 6.07 Å². The third-order valence-corrected chi connectivity index (χ3v) is 3.46. The van der Waals surface area contributed by atoms with Gasteiger partial charge >= 0.3 is 0 Å². The summed E-state index contributed by atoms with van der Waals surface area (Å²) in [5.74, 6) is -0.299. The van der Waals surface area contributed by atoms with E-state index in [-0.39, 0.29) is 11.7 Å². The van der Waals surface area contributed by atoms with Crippen LogP contribution in [-0.4, -0.2) is 18.1 Å². The Hall–Kier alpha value is -2.27. The minimum Gasteiger partial charge on any atom is -0.409 e. The Morgan fingerprint density at radius 3 is 2.67 bits per heavy atom. The Labute approximate surface area is 127 Å². The molecule has 2 aromatic carbocycles. The molecule has 0 atom stereocenters. The standard InChI is InChI=1S/C15H15ClFN3O/c1-20(9-10-4-2-3-5-14(10)17)11-6-7-12(13(16)8-11)15(18)19-21/h2-8,21H,9H2,1H3,(H2,18,19). The lowest BCUT2D eigenvalue weighted by Crippen LogP contribution is -2.18. The van der Waals surface area contributed by atoms with E-state index in [1.807, 2.05) is 11.9 Å². The van der Waals surface area contributed by atoms with Gasteiger partial charge < -0.3 is 15.8 Å². The van der Waals surface area contributed by atoms with Crippen molar-refractivity contribution in [2.24, 2.45) is 10.9 Å². The maximum absolute atomic E-state index is 13.6. The molecule has 4 nitrogen and oxygen atoms in total. The van der Waals surface area contributed by atoms with E-state index in [2.05, 4.69) is 5.16 Å². The lowest BCUT2D eigenvalue weighted by Gasteiger charge is -2.20. The van der Waals surface area contributed by atoms with Crippen molar-refractivity contribution < 1.29 is 9.60 Å². The van der Waals surface area contributed by atoms with Crippen molar-refractivity contribution in [3.8, 4) is 0 Å². The number of nitrogens with two attached hydrogens (primary N) is 1. The molecule has 2 aromatic rings. The summed E-state index contributed by atoms with van der Waals surface area (Å²) in [6.45, 7) is 0.409. The summed E-state index contributed by atoms with van der Waals surface area (Å²) < 4.78 is 13.6. The Balaban J connectivity index is 2.22. The third-order valence-electron chi connectivity index (χ3n) is 3.14. The lowest BCUT2D eigenvalue weighted by atomic mass is 10.1. The van der Waals surface area contributed by atoms with Crippen LogP contribution >= 0.6 is 11.6 Å². The molecular weight excluding hydrogens is 293 g/mol. The topological polar surface area (TPSA) is 61.8 Å². The summed E-state index contributed by atoms with van der Waals surface area (Å²) in [7, 11) is 1.83. The van der Waals surface area contributed by atoms with Crippen molar-refractivity contribution in [3.05, 3.63) is 64.4 Å². The zero-order valence-corrected chi connectivity index (χ0v) is 12.2. The second kappa shape index (κ2) is 6.45. The highest BCUT2D eigenvalue weighted by atomic mass is 35.5. The van der Waals surface area contributed by atoms with Crippen LogP contribution in [0, 0.1) is 5.82 Å². The maximum Gasteiger partial charge on any atom is 0.171 e. The van der Waals surface area contributed by atoms with Crippen molar-refractivity contribution in [3.63, 3.8) is 0 Å². The molecule has 0 aromatic heterocycles. The molecule has 0 aliphatic rings. The smallest absolute Gasteiger partial charge is 0.171 e. The van der Waals surface area contributed by atoms with Gasteiger partial charge in [-0.15, -0.1) is 0 Å². The van der Waals surface area contributed by atoms with Crippen LogP contribution < -0.4 is 10.6 Å². The molecular formula is C15H15ClFN3O. The van der Waals surface area contributed by atoms with Crippen LogP contribution in [0.2, 0.25) is 5.02 Å². The van der Waals surface area contributed by atoms with Gasteiger partial charge in [-0.05, 0) is 24.3 Å². The SMILES string of the molecule is CN(Cc1ccccc1F)c1ccc(C(N)=NO)c(Cl)c1. The number of hydrogen-bond acceptors (Lipinski definition) is 3. The first-order chi connectivity index (χ1) is 10.0. The molecule has 0 saturated heterocycles. The summed E-state index contributed by atoms with van der Waals surface area (Å²) in [6, 6.07) is 11.7. The number of benzene rings is 2. The van der Waals surface area contributed by atoms with Crippen molar-refractivity contribution in [1.82, 2.24) is 0 Å². The van der Waals surface area contributed by atoms with Gasteiger partial charge in [-0.2, -0.15) is 0 Å². The van der Waals surface area contributed by atoms with E-state index >= 15 is 0 Å². The number of halogens is 2. The summed E-state index contributed by atoms with van der Waals surface area (Å²) in [5, 5.41) is 12.0. The molecule has 0 radical (unpaired) electrons. The molecule has 3 N–H and O–H groups in total. The molecule has 0 spiro atoms. The highest BCUT2D eigenvalue weighted by Crippen LogP contribution is 2.24. The first-order valence-electron chi connectivity index (χ1n) is 6.25. The number of nitrogens with zero attached hydrogens (tertiary/aromatic N) is 2. The molecule has 0 aliphatic heterocycles. The quantitative estimate of drug-likeness (QED) is 0.394. The number of hydrogen-bond donors (Lipinski definition) is 2. The summed E-state index contributed by atoms with van der Waals surface area (Å²) in [5.41, 5.74) is 7.36. The second-order valence-corrected chi connectivity index (χ2v) is 5.00. The Kier molecular flexibility index (Phi) is 4.65. The highest BCUT2D eigenvalue weighted by Gasteiger charge is 2.10. The van der Waals surface area contributed by atoms with Gasteiger partial charge in [-0.25, -0.2) is 4.39 Å². The Morgan fingerprint density at radius 2 is 2.05 bits per heavy atom. The number of amidine groups is 1. The molecule has 0 bridgehead atoms. The van der Waals surface area contributed by atoms with E-state index in [0.29, 0.717) is 22.7 Å². The predicted molar refractivity (Wildman–Crippen MR) is 82.5 cm³/mol. The van der Waals surface area contributed by atoms with Gasteiger partial charge in [0.2, 0.25) is 0 Å². The molecule has 0 heterocycles. The molecule has 0 aliphatic carbocycles. The first-order valence-corrected chi connectivity index (χ1v) is 6.62. The Bertz CT molecular complexity index is 676. The second-order valence-electron chi connectivity index (χ2n) is 4.60. The van der Waals surface area contributed by atoms with Crippen LogP contribution in [-0.2, 0) is 6.54 Å². The first kappa shape index (κ1) is 15.1. The van der Waals surface area contributed by atoms with Gasteiger partial charge in [0.1, 0.15) is 5.82 Å². The van der Waals surface area contributed by atoms with Gasteiger partial charge in [0.25, 0.3) is 0 Å². The largest absolute Gasteiger partial charge is 0.409 e. The normalized spacial score (nSPS) is 11.5. The van der Waals surface area contributed by atoms with E-state index in [1.54, 1.807) is 36.4 Å². The van der Waals surface area contributed by atoms with Gasteiger partial charge in [-0.3, -0.25) is 0 Å². The van der Waals surface area contributed by atoms with Crippen LogP contribution in [0.1, 0.15) is 11.1 Å². The van der Waals surface area contributed by atoms with Crippen molar-refractivity contribution in [2.45, 2.75) is 6.54 Å². The molecule has 21 heavy (non-hydrogen) atoms. The van der Waals surface area contributed by atoms with Gasteiger partial charge in [0.05, 0.1) is 5.02 Å². The zero-order valence-electron chi connectivity index (χ0n) is 11.4. The van der Waals surface area contributed by atoms with Gasteiger partial charge in [0.15, 0.2) is 5.84 Å². The van der Waals surface area contributed by atoms with E-state index in [9.17, 15) is 4.39 Å². The van der Waals surface area contributed by atoms with Crippen LogP contribution in [0.4, 0.5) is 10.1 Å². The minimum absolute atomic E-state index is 0.0525. The fourth-order valence-corrected chi connectivity index (χ4v) is 2.25. The lowest BCUT2D eigenvalue weighted by molar-refractivity contribution is 0.318. The molecule has 0 fully saturated rings. The molecule has 110 valence electrons. The van der Waals surface area contributed by atoms with E-state index < -0.39 is 0 Å². The van der Waals surface area contributed by atoms with Crippen LogP contribution in [0.5, 0.6) is 0 Å². The highest BCUT2D eigenvalue weighted by molar-refractivity contribution is 6.34. The minimum atomic E-state index is -0.247. The Morgan fingerprint density at radius 1 is 1.33 bits per heavy atom. The van der Waals surface area contributed by atoms with Crippen LogP contribution in [0.15, 0.2) is 47.6 Å². The van der Waals surface area contributed by atoms with Crippen LogP contribution in [0.25, 0.3) is 0 Å². The van der Waals surface area contributed by atoms with Crippen molar-refractivity contribution in [1.29, 1.82) is 0 Å². The van der Waals surface area contributed by atoms with Gasteiger partial charge in [-0.1, -0.05) is 35.0 Å². The molecule has 0 saturated carbocycles. The average molecular weight is 308 g/mol. The molecule has 0 unspecified atom stereocenters. The zero-order chi connectivity index (χ0) is 15.4. The van der Waals surface area contributed by atoms with Crippen molar-refractivity contribution >= 4 is 23.1 Å². The molecule has 0 amide bonds. The summed E-state index contributed by atoms with van der Waals surface area (Å²) in [4.78, 5) is 1.86. The fraction of sp³-hybridized carbons (Fsp3) is 0.133. The van der Waals surface area contributed by atoms with E-state index in [0.717, 1.165) is 5.69 Å². The average Bonchev–Trinajstić information content (AvgIpc) is 2.48. The molecule has 2 rings (SSSR count). The molecule has 6 heteroatoms. The monoisotopic (exact) mass is 307 g/mol. The number of oxime groups is 1. The van der Waals surface area contributed by atoms with Crippen LogP contribution in [0.3, 0.4) is 0 Å². The third kappa shape index (κ3) is 3.44. The van der Waals surface area contributed by atoms with Crippen molar-refractivity contribution in [2.75, 3.05) is 11.9 Å². The summed E-state index contributed by atoms with van der Waals surface area (Å²) in [6.07, 6.45) is 0. The summed E-state index contributed by atoms with van der Waals surface area (Å²) >= 11 is 6.11.